The summed E-state index contributed by atoms with van der Waals surface area (Å²) in [6.07, 6.45) is 0. The van der Waals surface area contributed by atoms with Crippen molar-refractivity contribution in [3.8, 4) is 5.75 Å². The maximum absolute atomic E-state index is 14.0. The Morgan fingerprint density at radius 3 is 2.67 bits per heavy atom. The fraction of sp³-hybridized carbons (Fsp3) is 0.250. The fourth-order valence-electron chi connectivity index (χ4n) is 1.90. The van der Waals surface area contributed by atoms with E-state index in [1.54, 1.807) is 25.2 Å². The normalized spacial score (nSPS) is 12.2. The van der Waals surface area contributed by atoms with Gasteiger partial charge in [0.1, 0.15) is 18.2 Å². The van der Waals surface area contributed by atoms with Gasteiger partial charge in [0.25, 0.3) is 0 Å². The van der Waals surface area contributed by atoms with Crippen LogP contribution in [0.15, 0.2) is 40.9 Å². The predicted molar refractivity (Wildman–Crippen MR) is 87.4 cm³/mol. The van der Waals surface area contributed by atoms with Crippen LogP contribution in [-0.2, 0) is 6.61 Å². The van der Waals surface area contributed by atoms with Gasteiger partial charge in [-0.3, -0.25) is 0 Å². The molecule has 0 saturated heterocycles. The molecule has 0 bridgehead atoms. The lowest BCUT2D eigenvalue weighted by Crippen LogP contribution is -2.13. The van der Waals surface area contributed by atoms with Crippen LogP contribution in [0, 0.1) is 5.82 Å². The molecule has 0 aliphatic carbocycles. The van der Waals surface area contributed by atoms with Crippen molar-refractivity contribution in [3.63, 3.8) is 0 Å². The number of ether oxygens (including phenoxy) is 1. The summed E-state index contributed by atoms with van der Waals surface area (Å²) in [4.78, 5) is 0. The van der Waals surface area contributed by atoms with Crippen molar-refractivity contribution in [2.75, 3.05) is 7.05 Å². The lowest BCUT2D eigenvalue weighted by molar-refractivity contribution is 0.304. The summed E-state index contributed by atoms with van der Waals surface area (Å²) >= 11 is 9.47. The highest BCUT2D eigenvalue weighted by Crippen LogP contribution is 2.25. The van der Waals surface area contributed by atoms with Gasteiger partial charge >= 0.3 is 0 Å². The number of benzene rings is 2. The zero-order chi connectivity index (χ0) is 15.4. The van der Waals surface area contributed by atoms with Crippen LogP contribution < -0.4 is 10.1 Å². The van der Waals surface area contributed by atoms with E-state index in [9.17, 15) is 4.39 Å². The molecule has 21 heavy (non-hydrogen) atoms. The highest BCUT2D eigenvalue weighted by atomic mass is 79.9. The van der Waals surface area contributed by atoms with E-state index in [1.807, 2.05) is 19.1 Å². The SMILES string of the molecule is CNC(C)c1ccc(OCc2ccc(Br)cc2Cl)cc1F. The van der Waals surface area contributed by atoms with E-state index in [0.717, 1.165) is 10.0 Å². The van der Waals surface area contributed by atoms with Crippen LogP contribution in [0.5, 0.6) is 5.75 Å². The highest BCUT2D eigenvalue weighted by molar-refractivity contribution is 9.10. The van der Waals surface area contributed by atoms with Gasteiger partial charge in [0.2, 0.25) is 0 Å². The van der Waals surface area contributed by atoms with E-state index in [-0.39, 0.29) is 11.9 Å². The maximum atomic E-state index is 14.0. The lowest BCUT2D eigenvalue weighted by Gasteiger charge is -2.13. The number of halogens is 3. The van der Waals surface area contributed by atoms with Crippen molar-refractivity contribution >= 4 is 27.5 Å². The van der Waals surface area contributed by atoms with Crippen LogP contribution in [-0.4, -0.2) is 7.05 Å². The lowest BCUT2D eigenvalue weighted by atomic mass is 10.1. The van der Waals surface area contributed by atoms with Crippen LogP contribution in [0.3, 0.4) is 0 Å². The van der Waals surface area contributed by atoms with Crippen LogP contribution >= 0.6 is 27.5 Å². The Bertz CT molecular complexity index is 636. The van der Waals surface area contributed by atoms with Crippen molar-refractivity contribution in [2.45, 2.75) is 19.6 Å². The van der Waals surface area contributed by atoms with Gasteiger partial charge in [-0.1, -0.05) is 39.7 Å². The maximum Gasteiger partial charge on any atom is 0.131 e. The van der Waals surface area contributed by atoms with E-state index in [4.69, 9.17) is 16.3 Å². The monoisotopic (exact) mass is 371 g/mol. The molecule has 2 nitrogen and oxygen atoms in total. The summed E-state index contributed by atoms with van der Waals surface area (Å²) in [6.45, 7) is 2.20. The molecular weight excluding hydrogens is 357 g/mol. The van der Waals surface area contributed by atoms with Crippen molar-refractivity contribution in [1.82, 2.24) is 5.32 Å². The summed E-state index contributed by atoms with van der Waals surface area (Å²) in [6, 6.07) is 10.4. The fourth-order valence-corrected chi connectivity index (χ4v) is 2.63. The van der Waals surface area contributed by atoms with Crippen molar-refractivity contribution in [1.29, 1.82) is 0 Å². The molecule has 0 fully saturated rings. The predicted octanol–water partition coefficient (Wildman–Crippen LogP) is 5.10. The first-order chi connectivity index (χ1) is 10.0. The standard InChI is InChI=1S/C16H16BrClFNO/c1-10(20-2)14-6-5-13(8-16(14)19)21-9-11-3-4-12(17)7-15(11)18/h3-8,10,20H,9H2,1-2H3. The summed E-state index contributed by atoms with van der Waals surface area (Å²) in [5.74, 6) is 0.204. The second-order valence-corrected chi connectivity index (χ2v) is 6.04. The zero-order valence-corrected chi connectivity index (χ0v) is 14.1. The average molecular weight is 373 g/mol. The first-order valence-corrected chi connectivity index (χ1v) is 7.72. The van der Waals surface area contributed by atoms with Gasteiger partial charge < -0.3 is 10.1 Å². The van der Waals surface area contributed by atoms with Gasteiger partial charge in [-0.25, -0.2) is 4.39 Å². The van der Waals surface area contributed by atoms with Gasteiger partial charge in [0.05, 0.1) is 0 Å². The van der Waals surface area contributed by atoms with Crippen molar-refractivity contribution < 1.29 is 9.13 Å². The smallest absolute Gasteiger partial charge is 0.131 e. The molecule has 0 saturated carbocycles. The molecule has 2 aromatic rings. The Morgan fingerprint density at radius 1 is 1.29 bits per heavy atom. The van der Waals surface area contributed by atoms with E-state index in [2.05, 4.69) is 21.2 Å². The molecule has 2 aromatic carbocycles. The van der Waals surface area contributed by atoms with Gasteiger partial charge in [0, 0.05) is 32.7 Å². The van der Waals surface area contributed by atoms with Crippen LogP contribution in [0.2, 0.25) is 5.02 Å². The summed E-state index contributed by atoms with van der Waals surface area (Å²) in [5.41, 5.74) is 1.47. The molecule has 0 aliphatic rings. The van der Waals surface area contributed by atoms with Gasteiger partial charge in [-0.05, 0) is 32.2 Å². The number of hydrogen-bond donors (Lipinski definition) is 1. The van der Waals surface area contributed by atoms with Crippen LogP contribution in [0.1, 0.15) is 24.1 Å². The number of rotatable bonds is 5. The van der Waals surface area contributed by atoms with E-state index < -0.39 is 0 Å². The first-order valence-electron chi connectivity index (χ1n) is 6.54. The van der Waals surface area contributed by atoms with Gasteiger partial charge in [-0.15, -0.1) is 0 Å². The topological polar surface area (TPSA) is 21.3 Å². The Kier molecular flexibility index (Phi) is 5.62. The molecule has 1 unspecified atom stereocenters. The highest BCUT2D eigenvalue weighted by Gasteiger charge is 2.10. The third kappa shape index (κ3) is 4.19. The zero-order valence-electron chi connectivity index (χ0n) is 11.8. The third-order valence-corrected chi connectivity index (χ3v) is 4.13. The van der Waals surface area contributed by atoms with Crippen molar-refractivity contribution in [3.05, 3.63) is 62.8 Å². The molecule has 0 aliphatic heterocycles. The van der Waals surface area contributed by atoms with E-state index >= 15 is 0 Å². The Labute approximate surface area is 137 Å². The molecule has 0 aromatic heterocycles. The summed E-state index contributed by atoms with van der Waals surface area (Å²) in [7, 11) is 1.80. The molecule has 0 heterocycles. The molecular formula is C16H16BrClFNO. The molecule has 5 heteroatoms. The van der Waals surface area contributed by atoms with Gasteiger partial charge in [0.15, 0.2) is 0 Å². The molecule has 0 radical (unpaired) electrons. The Morgan fingerprint density at radius 2 is 2.05 bits per heavy atom. The second-order valence-electron chi connectivity index (χ2n) is 4.72. The molecule has 1 atom stereocenters. The minimum atomic E-state index is -0.281. The van der Waals surface area contributed by atoms with Crippen LogP contribution in [0.4, 0.5) is 4.39 Å². The molecule has 0 spiro atoms. The molecule has 0 amide bonds. The minimum Gasteiger partial charge on any atom is -0.489 e. The summed E-state index contributed by atoms with van der Waals surface area (Å²) < 4.78 is 20.5. The quantitative estimate of drug-likeness (QED) is 0.788. The Balaban J connectivity index is 2.08. The minimum absolute atomic E-state index is 0.0417. The molecule has 1 N–H and O–H groups in total. The third-order valence-electron chi connectivity index (χ3n) is 3.28. The second kappa shape index (κ2) is 7.25. The molecule has 112 valence electrons. The first kappa shape index (κ1) is 16.3. The number of nitrogens with one attached hydrogen (secondary N) is 1. The number of hydrogen-bond acceptors (Lipinski definition) is 2. The molecule has 2 rings (SSSR count). The Hall–Kier alpha value is -1.10. The van der Waals surface area contributed by atoms with E-state index in [1.165, 1.54) is 6.07 Å². The summed E-state index contributed by atoms with van der Waals surface area (Å²) in [5, 5.41) is 3.63. The average Bonchev–Trinajstić information content (AvgIpc) is 2.45. The van der Waals surface area contributed by atoms with Gasteiger partial charge in [-0.2, -0.15) is 0 Å². The largest absolute Gasteiger partial charge is 0.489 e. The van der Waals surface area contributed by atoms with Crippen LogP contribution in [0.25, 0.3) is 0 Å². The van der Waals surface area contributed by atoms with E-state index in [0.29, 0.717) is 22.9 Å². The van der Waals surface area contributed by atoms with Crippen molar-refractivity contribution in [2.24, 2.45) is 0 Å².